The molecule has 5 aromatic rings. The molecule has 0 aliphatic carbocycles. The third kappa shape index (κ3) is 5.64. The molecule has 3 nitrogen and oxygen atoms in total. The molecule has 0 amide bonds. The van der Waals surface area contributed by atoms with Gasteiger partial charge in [-0.05, 0) is 102 Å². The lowest BCUT2D eigenvalue weighted by Gasteiger charge is -2.16. The van der Waals surface area contributed by atoms with Crippen LogP contribution in [-0.4, -0.2) is 18.8 Å². The van der Waals surface area contributed by atoms with E-state index in [1.54, 1.807) is 0 Å². The number of hydrogen-bond donors (Lipinski definition) is 2. The zero-order chi connectivity index (χ0) is 28.9. The van der Waals surface area contributed by atoms with Gasteiger partial charge in [-0.1, -0.05) is 84.9 Å². The van der Waals surface area contributed by atoms with Crippen LogP contribution in [0.25, 0.3) is 33.5 Å². The van der Waals surface area contributed by atoms with Gasteiger partial charge in [-0.25, -0.2) is 0 Å². The zero-order valence-electron chi connectivity index (χ0n) is 24.6. The van der Waals surface area contributed by atoms with Gasteiger partial charge >= 0.3 is 0 Å². The first-order valence-corrected chi connectivity index (χ1v) is 14.9. The van der Waals surface area contributed by atoms with Crippen molar-refractivity contribution in [1.82, 2.24) is 0 Å². The van der Waals surface area contributed by atoms with Crippen molar-refractivity contribution < 1.29 is 0 Å². The Morgan fingerprint density at radius 1 is 0.548 bits per heavy atom. The third-order valence-electron chi connectivity index (χ3n) is 7.94. The largest absolute Gasteiger partial charge is 0.385 e. The SMILES string of the molecule is CCNc1ccc(C2=C(c3ccc(NCC)cc3)N=C(c3cc(-c4ccccc4)c(C)c(-c4ccccc4)c3)C2)cc1. The summed E-state index contributed by atoms with van der Waals surface area (Å²) in [6.45, 7) is 8.28. The minimum Gasteiger partial charge on any atom is -0.385 e. The van der Waals surface area contributed by atoms with Gasteiger partial charge in [0.05, 0.1) is 11.4 Å². The highest BCUT2D eigenvalue weighted by Crippen LogP contribution is 2.40. The predicted molar refractivity (Wildman–Crippen MR) is 181 cm³/mol. The topological polar surface area (TPSA) is 36.4 Å². The van der Waals surface area contributed by atoms with Crippen molar-refractivity contribution in [1.29, 1.82) is 0 Å². The fourth-order valence-electron chi connectivity index (χ4n) is 5.80. The van der Waals surface area contributed by atoms with E-state index in [2.05, 4.69) is 153 Å². The lowest BCUT2D eigenvalue weighted by molar-refractivity contribution is 1.21. The van der Waals surface area contributed by atoms with Crippen LogP contribution in [0.5, 0.6) is 0 Å². The van der Waals surface area contributed by atoms with Crippen molar-refractivity contribution in [3.63, 3.8) is 0 Å². The van der Waals surface area contributed by atoms with E-state index in [1.807, 2.05) is 0 Å². The van der Waals surface area contributed by atoms with E-state index in [0.29, 0.717) is 0 Å². The maximum Gasteiger partial charge on any atom is 0.0747 e. The molecule has 0 spiro atoms. The number of rotatable bonds is 9. The maximum atomic E-state index is 5.38. The predicted octanol–water partition coefficient (Wildman–Crippen LogP) is 9.95. The summed E-state index contributed by atoms with van der Waals surface area (Å²) >= 11 is 0. The van der Waals surface area contributed by atoms with Gasteiger partial charge < -0.3 is 10.6 Å². The molecule has 0 bridgehead atoms. The van der Waals surface area contributed by atoms with Crippen LogP contribution < -0.4 is 10.6 Å². The summed E-state index contributed by atoms with van der Waals surface area (Å²) in [5.74, 6) is 0. The molecule has 6 rings (SSSR count). The number of allylic oxidation sites excluding steroid dienone is 1. The molecule has 42 heavy (non-hydrogen) atoms. The average Bonchev–Trinajstić information content (AvgIpc) is 3.49. The molecule has 0 unspecified atom stereocenters. The van der Waals surface area contributed by atoms with Gasteiger partial charge in [0.15, 0.2) is 0 Å². The van der Waals surface area contributed by atoms with Crippen molar-refractivity contribution in [3.8, 4) is 22.3 Å². The van der Waals surface area contributed by atoms with Crippen LogP contribution in [0.2, 0.25) is 0 Å². The molecule has 0 radical (unpaired) electrons. The monoisotopic (exact) mass is 547 g/mol. The van der Waals surface area contributed by atoms with Gasteiger partial charge in [0.2, 0.25) is 0 Å². The molecule has 208 valence electrons. The molecule has 1 aliphatic rings. The van der Waals surface area contributed by atoms with E-state index in [-0.39, 0.29) is 0 Å². The van der Waals surface area contributed by atoms with Gasteiger partial charge in [0.25, 0.3) is 0 Å². The lowest BCUT2D eigenvalue weighted by atomic mass is 9.88. The quantitative estimate of drug-likeness (QED) is 0.193. The summed E-state index contributed by atoms with van der Waals surface area (Å²) < 4.78 is 0. The van der Waals surface area contributed by atoms with E-state index >= 15 is 0 Å². The maximum absolute atomic E-state index is 5.38. The molecular formula is C39H37N3. The summed E-state index contributed by atoms with van der Waals surface area (Å²) in [7, 11) is 0. The highest BCUT2D eigenvalue weighted by atomic mass is 14.9. The van der Waals surface area contributed by atoms with Crippen LogP contribution >= 0.6 is 0 Å². The van der Waals surface area contributed by atoms with Crippen LogP contribution in [-0.2, 0) is 0 Å². The zero-order valence-corrected chi connectivity index (χ0v) is 24.6. The van der Waals surface area contributed by atoms with Gasteiger partial charge in [-0.2, -0.15) is 0 Å². The summed E-state index contributed by atoms with van der Waals surface area (Å²) in [6, 6.07) is 43.5. The third-order valence-corrected chi connectivity index (χ3v) is 7.94. The molecule has 0 aromatic heterocycles. The average molecular weight is 548 g/mol. The summed E-state index contributed by atoms with van der Waals surface area (Å²) in [5, 5.41) is 6.83. The standard InChI is InChI=1S/C39H37N3/c1-4-40-33-20-16-30(17-21-33)37-26-38(42-39(37)31-18-22-34(23-19-31)41-5-2)32-24-35(28-12-8-6-9-13-28)27(3)36(25-32)29-14-10-7-11-15-29/h6-25,40-41H,4-5,26H2,1-3H3. The molecule has 0 atom stereocenters. The minimum absolute atomic E-state index is 0.774. The number of anilines is 2. The number of nitrogens with one attached hydrogen (secondary N) is 2. The van der Waals surface area contributed by atoms with Crippen molar-refractivity contribution in [3.05, 3.63) is 144 Å². The molecule has 3 heteroatoms. The molecule has 1 heterocycles. The molecule has 0 fully saturated rings. The second kappa shape index (κ2) is 12.3. The van der Waals surface area contributed by atoms with Crippen LogP contribution in [0, 0.1) is 6.92 Å². The van der Waals surface area contributed by atoms with Crippen molar-refractivity contribution in [2.75, 3.05) is 23.7 Å². The number of nitrogens with zero attached hydrogens (tertiary/aromatic N) is 1. The van der Waals surface area contributed by atoms with E-state index in [9.17, 15) is 0 Å². The number of aliphatic imine (C=N–C) groups is 1. The van der Waals surface area contributed by atoms with Crippen LogP contribution in [0.3, 0.4) is 0 Å². The molecular weight excluding hydrogens is 510 g/mol. The molecule has 2 N–H and O–H groups in total. The normalized spacial score (nSPS) is 12.8. The Kier molecular flexibility index (Phi) is 8.00. The first kappa shape index (κ1) is 27.3. The Balaban J connectivity index is 1.48. The first-order chi connectivity index (χ1) is 20.6. The van der Waals surface area contributed by atoms with E-state index in [4.69, 9.17) is 4.99 Å². The first-order valence-electron chi connectivity index (χ1n) is 14.9. The Labute approximate surface area is 249 Å². The second-order valence-corrected chi connectivity index (χ2v) is 10.7. The van der Waals surface area contributed by atoms with Gasteiger partial charge in [-0.3, -0.25) is 4.99 Å². The van der Waals surface area contributed by atoms with Crippen LogP contribution in [0.1, 0.15) is 42.5 Å². The van der Waals surface area contributed by atoms with Crippen LogP contribution in [0.15, 0.2) is 126 Å². The summed E-state index contributed by atoms with van der Waals surface area (Å²) in [4.78, 5) is 5.38. The fourth-order valence-corrected chi connectivity index (χ4v) is 5.80. The molecule has 1 aliphatic heterocycles. The second-order valence-electron chi connectivity index (χ2n) is 10.7. The van der Waals surface area contributed by atoms with Crippen molar-refractivity contribution in [2.24, 2.45) is 4.99 Å². The van der Waals surface area contributed by atoms with Gasteiger partial charge in [-0.15, -0.1) is 0 Å². The lowest BCUT2D eigenvalue weighted by Crippen LogP contribution is -2.02. The number of benzene rings is 5. The molecule has 5 aromatic carbocycles. The Bertz CT molecular complexity index is 1670. The van der Waals surface area contributed by atoms with Crippen LogP contribution in [0.4, 0.5) is 11.4 Å². The van der Waals surface area contributed by atoms with E-state index in [1.165, 1.54) is 44.5 Å². The Hall–Kier alpha value is -4.89. The fraction of sp³-hybridized carbons (Fsp3) is 0.154. The van der Waals surface area contributed by atoms with Gasteiger partial charge in [0, 0.05) is 36.4 Å². The highest BCUT2D eigenvalue weighted by molar-refractivity contribution is 6.17. The number of hydrogen-bond acceptors (Lipinski definition) is 3. The van der Waals surface area contributed by atoms with Crippen molar-refractivity contribution >= 4 is 28.4 Å². The highest BCUT2D eigenvalue weighted by Gasteiger charge is 2.24. The molecule has 0 saturated carbocycles. The molecule has 0 saturated heterocycles. The minimum atomic E-state index is 0.774. The van der Waals surface area contributed by atoms with E-state index in [0.717, 1.165) is 47.9 Å². The Morgan fingerprint density at radius 2 is 1.02 bits per heavy atom. The Morgan fingerprint density at radius 3 is 1.50 bits per heavy atom. The summed E-state index contributed by atoms with van der Waals surface area (Å²) in [6.07, 6.45) is 0.774. The summed E-state index contributed by atoms with van der Waals surface area (Å²) in [5.41, 5.74) is 15.4. The van der Waals surface area contributed by atoms with Gasteiger partial charge in [0.1, 0.15) is 0 Å². The van der Waals surface area contributed by atoms with Crippen molar-refractivity contribution in [2.45, 2.75) is 27.2 Å². The smallest absolute Gasteiger partial charge is 0.0747 e. The van der Waals surface area contributed by atoms with E-state index < -0.39 is 0 Å².